The van der Waals surface area contributed by atoms with Gasteiger partial charge in [0.05, 0.1) is 49.3 Å². The Morgan fingerprint density at radius 3 is 2.34 bits per heavy atom. The van der Waals surface area contributed by atoms with Crippen LogP contribution in [-0.2, 0) is 66.5 Å². The first-order valence-electron chi connectivity index (χ1n) is 25.7. The standard InChI is InChI=1S/C53H80O17/c1-11-28(2)47-31(5)20-21-52(70-47)26-37-23-36(69-52)19-18-30(4)46(67-44-25-40(61-10)49(34(8)64-44)68-43-24-39(60-9)45(57)33(7)63-43)29(3)14-12-15-35-27-62-50-48(66-42(56)17-13-16-41(54)55)32(6)22-38(51(58)65-37)53(35,50)59/h12,14-15,18,22,28-29,31,33-34,36-40,43-50,57,59H,11,13,16-17,19-21,23-27H2,1-10H3,(H,54,55)/b14-12+,30-18+,35-15+/t28-,29-,31-,33-,34-,36+,37?,38-,39-,40-,43-,44-,45-,46-,47+,48+,49-,50+,52+,53+/m0/s1. The molecule has 1 aliphatic carbocycles. The molecule has 5 fully saturated rings. The summed E-state index contributed by atoms with van der Waals surface area (Å²) in [6, 6.07) is 0. The van der Waals surface area contributed by atoms with E-state index in [0.717, 1.165) is 18.4 Å². The van der Waals surface area contributed by atoms with Gasteiger partial charge in [-0.05, 0) is 75.5 Å². The number of methoxy groups -OCH3 is 2. The summed E-state index contributed by atoms with van der Waals surface area (Å²) >= 11 is 0. The number of ether oxygens (including phenoxy) is 11. The number of carboxylic acids is 1. The van der Waals surface area contributed by atoms with Crippen LogP contribution >= 0.6 is 0 Å². The number of carbonyl (C=O) groups is 3. The number of rotatable bonds is 13. The molecule has 0 aromatic carbocycles. The number of hydrogen-bond donors (Lipinski definition) is 3. The van der Waals surface area contributed by atoms with Crippen LogP contribution in [0.5, 0.6) is 0 Å². The lowest BCUT2D eigenvalue weighted by atomic mass is 9.70. The van der Waals surface area contributed by atoms with Crippen LogP contribution in [-0.4, -0.2) is 151 Å². The summed E-state index contributed by atoms with van der Waals surface area (Å²) in [5, 5.41) is 32.7. The smallest absolute Gasteiger partial charge is 0.316 e. The minimum atomic E-state index is -1.97. The second-order valence-corrected chi connectivity index (χ2v) is 21.1. The summed E-state index contributed by atoms with van der Waals surface area (Å²) in [4.78, 5) is 39.0. The number of esters is 2. The van der Waals surface area contributed by atoms with E-state index in [2.05, 4.69) is 26.8 Å². The predicted octanol–water partition coefficient (Wildman–Crippen LogP) is 6.41. The van der Waals surface area contributed by atoms with E-state index in [-0.39, 0.29) is 43.8 Å². The fourth-order valence-electron chi connectivity index (χ4n) is 11.7. The van der Waals surface area contributed by atoms with Crippen LogP contribution in [0.25, 0.3) is 0 Å². The number of carbonyl (C=O) groups excluding carboxylic acids is 2. The molecule has 20 atom stereocenters. The van der Waals surface area contributed by atoms with Crippen molar-refractivity contribution in [2.24, 2.45) is 23.7 Å². The molecule has 0 aromatic heterocycles. The Hall–Kier alpha value is -3.07. The molecule has 1 unspecified atom stereocenters. The maximum Gasteiger partial charge on any atom is 0.316 e. The Morgan fingerprint density at radius 1 is 0.914 bits per heavy atom. The Kier molecular flexibility index (Phi) is 18.3. The molecule has 0 amide bonds. The molecule has 0 radical (unpaired) electrons. The van der Waals surface area contributed by atoms with Gasteiger partial charge in [-0.3, -0.25) is 14.4 Å². The zero-order valence-corrected chi connectivity index (χ0v) is 42.8. The van der Waals surface area contributed by atoms with Gasteiger partial charge >= 0.3 is 17.9 Å². The Bertz CT molecular complexity index is 1950. The van der Waals surface area contributed by atoms with Gasteiger partial charge < -0.3 is 67.4 Å². The highest BCUT2D eigenvalue weighted by atomic mass is 16.7. The first-order chi connectivity index (χ1) is 33.3. The maximum atomic E-state index is 14.7. The molecule has 1 spiro atoms. The SMILES string of the molecule is CC[C@H](C)[C@H]1O[C@]2(CC[C@@H]1C)CC1C[C@@H](C/C=C(\C)[C@@H](O[C@H]3C[C@H](OC)[C@@H](O[C@H]4C[C@H](OC)[C@@H](O)[C@H](C)O4)[C@H](C)O3)[C@@H](C)/C=C/C=C3\CO[C@@H]4[C@H](OC(=O)CCCC(=O)O)C(C)=C[C@@H](C(=O)O1)[C@]34O)O2. The molecule has 70 heavy (non-hydrogen) atoms. The van der Waals surface area contributed by atoms with Crippen molar-refractivity contribution in [2.45, 2.75) is 223 Å². The zero-order valence-electron chi connectivity index (χ0n) is 42.8. The molecule has 3 N–H and O–H groups in total. The first kappa shape index (κ1) is 54.7. The van der Waals surface area contributed by atoms with Crippen LogP contribution in [0.1, 0.15) is 126 Å². The molecule has 394 valence electrons. The summed E-state index contributed by atoms with van der Waals surface area (Å²) in [6.07, 6.45) is 5.16. The second-order valence-electron chi connectivity index (χ2n) is 21.1. The van der Waals surface area contributed by atoms with Crippen LogP contribution in [0, 0.1) is 23.7 Å². The van der Waals surface area contributed by atoms with Gasteiger partial charge in [0.15, 0.2) is 24.5 Å². The number of hydrogen-bond acceptors (Lipinski definition) is 16. The van der Waals surface area contributed by atoms with E-state index >= 15 is 0 Å². The summed E-state index contributed by atoms with van der Waals surface area (Å²) in [7, 11) is 3.20. The second kappa shape index (κ2) is 23.4. The average molecular weight is 989 g/mol. The number of aliphatic carboxylic acids is 1. The van der Waals surface area contributed by atoms with Gasteiger partial charge in [0, 0.05) is 65.1 Å². The largest absolute Gasteiger partial charge is 0.481 e. The lowest BCUT2D eigenvalue weighted by Crippen LogP contribution is -2.59. The molecule has 0 saturated carbocycles. The van der Waals surface area contributed by atoms with Gasteiger partial charge in [-0.1, -0.05) is 64.5 Å². The lowest BCUT2D eigenvalue weighted by molar-refractivity contribution is -0.340. The van der Waals surface area contributed by atoms with Crippen molar-refractivity contribution in [1.82, 2.24) is 0 Å². The zero-order chi connectivity index (χ0) is 50.7. The van der Waals surface area contributed by atoms with Crippen molar-refractivity contribution in [3.8, 4) is 0 Å². The molecule has 6 heterocycles. The van der Waals surface area contributed by atoms with Gasteiger partial charge in [0.2, 0.25) is 0 Å². The molecule has 6 aliphatic heterocycles. The van der Waals surface area contributed by atoms with Crippen LogP contribution in [0.2, 0.25) is 0 Å². The third kappa shape index (κ3) is 12.1. The quantitative estimate of drug-likeness (QED) is 0.134. The molecule has 0 aromatic rings. The van der Waals surface area contributed by atoms with Crippen LogP contribution in [0.3, 0.4) is 0 Å². The maximum absolute atomic E-state index is 14.7. The Morgan fingerprint density at radius 2 is 1.63 bits per heavy atom. The normalized spacial score (nSPS) is 44.9. The molecule has 2 bridgehead atoms. The molecule has 17 heteroatoms. The minimum absolute atomic E-state index is 0.0559. The van der Waals surface area contributed by atoms with Crippen LogP contribution < -0.4 is 0 Å². The van der Waals surface area contributed by atoms with Gasteiger partial charge in [-0.15, -0.1) is 0 Å². The highest BCUT2D eigenvalue weighted by Gasteiger charge is 2.61. The van der Waals surface area contributed by atoms with E-state index in [0.29, 0.717) is 55.6 Å². The van der Waals surface area contributed by atoms with Gasteiger partial charge in [0.1, 0.15) is 35.9 Å². The topological polar surface area (TPSA) is 213 Å². The van der Waals surface area contributed by atoms with Gasteiger partial charge in [-0.2, -0.15) is 0 Å². The third-order valence-corrected chi connectivity index (χ3v) is 15.9. The van der Waals surface area contributed by atoms with Crippen molar-refractivity contribution >= 4 is 17.9 Å². The van der Waals surface area contributed by atoms with E-state index in [1.807, 2.05) is 32.9 Å². The summed E-state index contributed by atoms with van der Waals surface area (Å²) in [6.45, 7) is 16.0. The average Bonchev–Trinajstić information content (AvgIpc) is 3.65. The molecule has 7 aliphatic rings. The number of carboxylic acid groups (broad SMARTS) is 1. The van der Waals surface area contributed by atoms with E-state index in [1.54, 1.807) is 40.2 Å². The van der Waals surface area contributed by atoms with Gasteiger partial charge in [0.25, 0.3) is 0 Å². The van der Waals surface area contributed by atoms with E-state index in [1.165, 1.54) is 0 Å². The minimum Gasteiger partial charge on any atom is -0.481 e. The number of aliphatic hydroxyl groups excluding tert-OH is 1. The van der Waals surface area contributed by atoms with E-state index in [9.17, 15) is 24.6 Å². The van der Waals surface area contributed by atoms with E-state index in [4.69, 9.17) is 57.2 Å². The molecule has 7 rings (SSSR count). The predicted molar refractivity (Wildman–Crippen MR) is 253 cm³/mol. The highest BCUT2D eigenvalue weighted by Crippen LogP contribution is 2.49. The molecule has 17 nitrogen and oxygen atoms in total. The van der Waals surface area contributed by atoms with Crippen molar-refractivity contribution in [1.29, 1.82) is 0 Å². The monoisotopic (exact) mass is 989 g/mol. The summed E-state index contributed by atoms with van der Waals surface area (Å²) < 4.78 is 70.3. The number of allylic oxidation sites excluding steroid dienone is 2. The Balaban J connectivity index is 1.20. The van der Waals surface area contributed by atoms with Crippen LogP contribution in [0.15, 0.2) is 47.1 Å². The fraction of sp³-hybridized carbons (Fsp3) is 0.792. The fourth-order valence-corrected chi connectivity index (χ4v) is 11.7. The Labute approximate surface area is 413 Å². The van der Waals surface area contributed by atoms with Crippen molar-refractivity contribution in [2.75, 3.05) is 20.8 Å². The number of aliphatic hydroxyl groups is 2. The van der Waals surface area contributed by atoms with Crippen LogP contribution in [0.4, 0.5) is 0 Å². The van der Waals surface area contributed by atoms with E-state index < -0.39 is 115 Å². The van der Waals surface area contributed by atoms with Gasteiger partial charge in [-0.25, -0.2) is 0 Å². The van der Waals surface area contributed by atoms with Crippen molar-refractivity contribution in [3.05, 3.63) is 47.1 Å². The highest BCUT2D eigenvalue weighted by molar-refractivity contribution is 5.79. The molecule has 5 saturated heterocycles. The number of fused-ring (bicyclic) bond motifs is 2. The summed E-state index contributed by atoms with van der Waals surface area (Å²) in [5.74, 6) is -4.18. The first-order valence-corrected chi connectivity index (χ1v) is 25.7. The molecular formula is C53H80O17. The third-order valence-electron chi connectivity index (χ3n) is 15.9. The van der Waals surface area contributed by atoms with Crippen molar-refractivity contribution < 1.29 is 81.8 Å². The van der Waals surface area contributed by atoms with Crippen molar-refractivity contribution in [3.63, 3.8) is 0 Å². The lowest BCUT2D eigenvalue weighted by Gasteiger charge is -2.51. The summed E-state index contributed by atoms with van der Waals surface area (Å²) in [5.41, 5.74) is -0.121. The molecular weight excluding hydrogens is 909 g/mol.